The number of rotatable bonds is 0. The maximum absolute atomic E-state index is 12.7. The minimum atomic E-state index is -1.23. The second kappa shape index (κ2) is 3.46. The minimum Gasteiger partial charge on any atom is -0.461 e. The standard InChI is InChI=1S/C18H18O4/c1-8-3-4-10-13(19)7-17-9(2)5-14(22-16(17)20)12-6-11(8)15(10)18(12,17)21/h3-4,9,12,14,21H,5-7H2,1-2H3/t9-,12+,14-,17-,18+/m0/s1. The van der Waals surface area contributed by atoms with Crippen LogP contribution < -0.4 is 0 Å². The van der Waals surface area contributed by atoms with Crippen LogP contribution in [0.2, 0.25) is 0 Å². The third-order valence-electron chi connectivity index (χ3n) is 6.81. The predicted molar refractivity (Wildman–Crippen MR) is 77.3 cm³/mol. The summed E-state index contributed by atoms with van der Waals surface area (Å²) in [5, 5.41) is 11.8. The van der Waals surface area contributed by atoms with Gasteiger partial charge in [-0.05, 0) is 42.4 Å². The Labute approximate surface area is 128 Å². The first-order valence-corrected chi connectivity index (χ1v) is 8.01. The lowest BCUT2D eigenvalue weighted by Gasteiger charge is -2.61. The van der Waals surface area contributed by atoms with Gasteiger partial charge in [0.2, 0.25) is 0 Å². The molecule has 2 heterocycles. The highest BCUT2D eigenvalue weighted by Crippen LogP contribution is 2.69. The van der Waals surface area contributed by atoms with Crippen LogP contribution in [0.25, 0.3) is 0 Å². The van der Waals surface area contributed by atoms with Crippen LogP contribution in [-0.4, -0.2) is 23.0 Å². The molecule has 1 aromatic carbocycles. The van der Waals surface area contributed by atoms with E-state index in [-0.39, 0.29) is 36.1 Å². The van der Waals surface area contributed by atoms with E-state index >= 15 is 0 Å². The fourth-order valence-electron chi connectivity index (χ4n) is 5.74. The largest absolute Gasteiger partial charge is 0.461 e. The van der Waals surface area contributed by atoms with Crippen LogP contribution in [0, 0.1) is 24.2 Å². The van der Waals surface area contributed by atoms with Gasteiger partial charge in [-0.2, -0.15) is 0 Å². The molecule has 1 spiro atoms. The van der Waals surface area contributed by atoms with Crippen molar-refractivity contribution in [3.63, 3.8) is 0 Å². The Kier molecular flexibility index (Phi) is 2.01. The summed E-state index contributed by atoms with van der Waals surface area (Å²) in [5.74, 6) is -0.554. The van der Waals surface area contributed by atoms with Gasteiger partial charge >= 0.3 is 5.97 Å². The predicted octanol–water partition coefficient (Wildman–Crippen LogP) is 1.89. The number of aryl methyl sites for hydroxylation is 1. The van der Waals surface area contributed by atoms with E-state index in [2.05, 4.69) is 0 Å². The molecule has 2 saturated heterocycles. The van der Waals surface area contributed by atoms with Crippen molar-refractivity contribution in [1.82, 2.24) is 0 Å². The Balaban J connectivity index is 1.93. The highest BCUT2D eigenvalue weighted by atomic mass is 16.6. The fraction of sp³-hybridized carbons (Fsp3) is 0.556. The fourth-order valence-corrected chi connectivity index (χ4v) is 5.74. The topological polar surface area (TPSA) is 63.6 Å². The lowest BCUT2D eigenvalue weighted by molar-refractivity contribution is -0.270. The molecule has 0 radical (unpaired) electrons. The monoisotopic (exact) mass is 298 g/mol. The molecule has 0 aromatic heterocycles. The van der Waals surface area contributed by atoms with Crippen LogP contribution in [0.1, 0.15) is 46.8 Å². The Bertz CT molecular complexity index is 767. The average Bonchev–Trinajstić information content (AvgIpc) is 2.78. The summed E-state index contributed by atoms with van der Waals surface area (Å²) in [6, 6.07) is 3.78. The molecular weight excluding hydrogens is 280 g/mol. The number of carbonyl (C=O) groups is 2. The maximum Gasteiger partial charge on any atom is 0.316 e. The molecule has 5 atom stereocenters. The smallest absolute Gasteiger partial charge is 0.316 e. The molecular formula is C18H18O4. The second-order valence-corrected chi connectivity index (χ2v) is 7.51. The molecule has 114 valence electrons. The first kappa shape index (κ1) is 12.8. The Morgan fingerprint density at radius 3 is 2.82 bits per heavy atom. The summed E-state index contributed by atoms with van der Waals surface area (Å²) in [4.78, 5) is 25.4. The van der Waals surface area contributed by atoms with Crippen molar-refractivity contribution in [2.75, 3.05) is 0 Å². The lowest BCUT2D eigenvalue weighted by Crippen LogP contribution is -2.71. The Morgan fingerprint density at radius 1 is 1.32 bits per heavy atom. The van der Waals surface area contributed by atoms with Crippen LogP contribution in [0.15, 0.2) is 12.1 Å². The molecule has 2 aliphatic heterocycles. The molecule has 0 amide bonds. The third kappa shape index (κ3) is 1.02. The summed E-state index contributed by atoms with van der Waals surface area (Å²) in [6.45, 7) is 3.99. The van der Waals surface area contributed by atoms with E-state index in [1.165, 1.54) is 0 Å². The van der Waals surface area contributed by atoms with E-state index in [4.69, 9.17) is 4.74 Å². The number of carbonyl (C=O) groups excluding carboxylic acids is 2. The van der Waals surface area contributed by atoms with Crippen LogP contribution >= 0.6 is 0 Å². The van der Waals surface area contributed by atoms with Crippen LogP contribution in [0.5, 0.6) is 0 Å². The average molecular weight is 298 g/mol. The molecule has 3 fully saturated rings. The van der Waals surface area contributed by atoms with Gasteiger partial charge in [-0.1, -0.05) is 19.1 Å². The molecule has 3 aliphatic carbocycles. The highest BCUT2D eigenvalue weighted by Gasteiger charge is 2.76. The molecule has 2 bridgehead atoms. The van der Waals surface area contributed by atoms with Crippen molar-refractivity contribution >= 4 is 11.8 Å². The van der Waals surface area contributed by atoms with E-state index in [0.717, 1.165) is 23.1 Å². The van der Waals surface area contributed by atoms with Crippen LogP contribution in [0.4, 0.5) is 0 Å². The van der Waals surface area contributed by atoms with Crippen LogP contribution in [0.3, 0.4) is 0 Å². The van der Waals surface area contributed by atoms with Gasteiger partial charge in [0.15, 0.2) is 5.78 Å². The van der Waals surface area contributed by atoms with E-state index < -0.39 is 11.0 Å². The molecule has 5 aliphatic rings. The number of ether oxygens (including phenoxy) is 1. The molecule has 4 nitrogen and oxygen atoms in total. The number of fused-ring (bicyclic) bond motifs is 2. The Morgan fingerprint density at radius 2 is 2.09 bits per heavy atom. The van der Waals surface area contributed by atoms with Crippen molar-refractivity contribution in [3.8, 4) is 0 Å². The van der Waals surface area contributed by atoms with Gasteiger partial charge in [-0.25, -0.2) is 0 Å². The number of Topliss-reactive ketones (excluding diaryl/α,β-unsaturated/α-hetero) is 1. The second-order valence-electron chi connectivity index (χ2n) is 7.51. The van der Waals surface area contributed by atoms with Gasteiger partial charge in [-0.3, -0.25) is 9.59 Å². The number of hydrogen-bond acceptors (Lipinski definition) is 4. The van der Waals surface area contributed by atoms with E-state index in [1.807, 2.05) is 26.0 Å². The summed E-state index contributed by atoms with van der Waals surface area (Å²) in [7, 11) is 0. The third-order valence-corrected chi connectivity index (χ3v) is 6.81. The van der Waals surface area contributed by atoms with Gasteiger partial charge in [0.1, 0.15) is 17.1 Å². The number of benzene rings is 1. The quantitative estimate of drug-likeness (QED) is 0.743. The van der Waals surface area contributed by atoms with E-state index in [9.17, 15) is 14.7 Å². The summed E-state index contributed by atoms with van der Waals surface area (Å²) >= 11 is 0. The zero-order valence-electron chi connectivity index (χ0n) is 12.7. The van der Waals surface area contributed by atoms with E-state index in [0.29, 0.717) is 12.0 Å². The molecule has 1 aromatic rings. The summed E-state index contributed by atoms with van der Waals surface area (Å²) in [6.07, 6.45) is 1.28. The number of esters is 1. The molecule has 6 rings (SSSR count). The number of hydrogen-bond donors (Lipinski definition) is 1. The first-order valence-electron chi connectivity index (χ1n) is 8.01. The van der Waals surface area contributed by atoms with Crippen LogP contribution in [-0.2, 0) is 21.6 Å². The highest BCUT2D eigenvalue weighted by molar-refractivity contribution is 6.04. The molecule has 4 heteroatoms. The zero-order chi connectivity index (χ0) is 15.4. The van der Waals surface area contributed by atoms with Gasteiger partial charge in [-0.15, -0.1) is 0 Å². The lowest BCUT2D eigenvalue weighted by atomic mass is 9.47. The summed E-state index contributed by atoms with van der Waals surface area (Å²) < 4.78 is 5.63. The maximum atomic E-state index is 12.7. The normalized spacial score (nSPS) is 44.0. The molecule has 1 saturated carbocycles. The van der Waals surface area contributed by atoms with Crippen molar-refractivity contribution < 1.29 is 19.4 Å². The van der Waals surface area contributed by atoms with Crippen molar-refractivity contribution in [2.24, 2.45) is 17.3 Å². The number of ketones is 1. The molecule has 22 heavy (non-hydrogen) atoms. The first-order chi connectivity index (χ1) is 10.4. The molecule has 1 N–H and O–H groups in total. The zero-order valence-corrected chi connectivity index (χ0v) is 12.7. The van der Waals surface area contributed by atoms with Crippen molar-refractivity contribution in [2.45, 2.75) is 44.8 Å². The Hall–Kier alpha value is -1.68. The summed E-state index contributed by atoms with van der Waals surface area (Å²) in [5.41, 5.74) is 1.18. The van der Waals surface area contributed by atoms with Gasteiger partial charge < -0.3 is 9.84 Å². The SMILES string of the molecule is Cc1ccc2c3c1C[C@@H]1[C@@H]4C[C@H](C)[C@@](CC2=O)(C(=O)O4)[C@]31O. The van der Waals surface area contributed by atoms with Crippen molar-refractivity contribution in [1.29, 1.82) is 0 Å². The van der Waals surface area contributed by atoms with Crippen molar-refractivity contribution in [3.05, 3.63) is 34.4 Å². The minimum absolute atomic E-state index is 0.0364. The number of aliphatic hydroxyl groups is 1. The molecule has 0 unspecified atom stereocenters. The van der Waals surface area contributed by atoms with Gasteiger partial charge in [0, 0.05) is 17.9 Å². The van der Waals surface area contributed by atoms with E-state index in [1.54, 1.807) is 0 Å². The van der Waals surface area contributed by atoms with Gasteiger partial charge in [0.05, 0.1) is 0 Å². The van der Waals surface area contributed by atoms with Gasteiger partial charge in [0.25, 0.3) is 0 Å².